The fourth-order valence-electron chi connectivity index (χ4n) is 1.38. The second-order valence-electron chi connectivity index (χ2n) is 4.03. The highest BCUT2D eigenvalue weighted by atomic mass is 19.1. The molecule has 1 rings (SSSR count). The Bertz CT molecular complexity index is 433. The van der Waals surface area contributed by atoms with Crippen molar-refractivity contribution >= 4 is 0 Å². The normalized spacial score (nSPS) is 11.3. The molecular weight excluding hydrogens is 239 g/mol. The second kappa shape index (κ2) is 6.42. The monoisotopic (exact) mass is 254 g/mol. The molecular formula is C12H15FN2O3. The molecule has 0 spiro atoms. The van der Waals surface area contributed by atoms with Gasteiger partial charge in [-0.25, -0.2) is 4.39 Å². The van der Waals surface area contributed by atoms with Crippen molar-refractivity contribution in [2.24, 2.45) is 0 Å². The molecule has 0 atom stereocenters. The molecule has 6 heteroatoms. The Kier molecular flexibility index (Phi) is 5.19. The molecule has 18 heavy (non-hydrogen) atoms. The molecule has 98 valence electrons. The molecule has 0 fully saturated rings. The Morgan fingerprint density at radius 2 is 1.83 bits per heavy atom. The van der Waals surface area contributed by atoms with Crippen LogP contribution in [-0.2, 0) is 6.54 Å². The number of hydrogen-bond donors (Lipinski definition) is 4. The Hall–Kier alpha value is -1.52. The zero-order valence-electron chi connectivity index (χ0n) is 9.73. The minimum absolute atomic E-state index is 0.0723. The van der Waals surface area contributed by atoms with Crippen molar-refractivity contribution in [3.05, 3.63) is 35.1 Å². The lowest BCUT2D eigenvalue weighted by Crippen LogP contribution is -2.54. The van der Waals surface area contributed by atoms with E-state index in [1.165, 1.54) is 18.2 Å². The van der Waals surface area contributed by atoms with Crippen molar-refractivity contribution in [2.45, 2.75) is 12.1 Å². The van der Waals surface area contributed by atoms with Crippen molar-refractivity contribution < 1.29 is 19.7 Å². The summed E-state index contributed by atoms with van der Waals surface area (Å²) in [6.45, 7) is -1.12. The summed E-state index contributed by atoms with van der Waals surface area (Å²) >= 11 is 0. The smallest absolute Gasteiger partial charge is 0.140 e. The predicted molar refractivity (Wildman–Crippen MR) is 61.9 cm³/mol. The van der Waals surface area contributed by atoms with Gasteiger partial charge in [-0.05, 0) is 17.7 Å². The maximum absolute atomic E-state index is 13.1. The molecule has 4 N–H and O–H groups in total. The van der Waals surface area contributed by atoms with Crippen LogP contribution in [0.5, 0.6) is 0 Å². The molecule has 0 bridgehead atoms. The lowest BCUT2D eigenvalue weighted by atomic mass is 10.0. The second-order valence-corrected chi connectivity index (χ2v) is 4.03. The molecule has 0 amide bonds. The first-order valence-electron chi connectivity index (χ1n) is 5.37. The summed E-state index contributed by atoms with van der Waals surface area (Å²) in [6.07, 6.45) is 0. The van der Waals surface area contributed by atoms with Gasteiger partial charge in [0.15, 0.2) is 0 Å². The maximum atomic E-state index is 13.1. The number of aliphatic hydroxyl groups excluding tert-OH is 3. The van der Waals surface area contributed by atoms with Gasteiger partial charge in [-0.2, -0.15) is 5.26 Å². The summed E-state index contributed by atoms with van der Waals surface area (Å²) in [4.78, 5) is 0. The van der Waals surface area contributed by atoms with Gasteiger partial charge in [0.05, 0.1) is 30.9 Å². The Morgan fingerprint density at radius 1 is 1.22 bits per heavy atom. The van der Waals surface area contributed by atoms with Crippen LogP contribution >= 0.6 is 0 Å². The van der Waals surface area contributed by atoms with Crippen LogP contribution in [0.25, 0.3) is 0 Å². The van der Waals surface area contributed by atoms with Crippen LogP contribution in [0.3, 0.4) is 0 Å². The van der Waals surface area contributed by atoms with E-state index in [1.807, 2.05) is 0 Å². The molecule has 0 aliphatic heterocycles. The zero-order valence-corrected chi connectivity index (χ0v) is 9.73. The average Bonchev–Trinajstić information content (AvgIpc) is 2.42. The number of benzene rings is 1. The van der Waals surface area contributed by atoms with E-state index in [0.29, 0.717) is 5.56 Å². The molecule has 0 aromatic heterocycles. The molecule has 5 nitrogen and oxygen atoms in total. The number of halogens is 1. The Balaban J connectivity index is 2.77. The summed E-state index contributed by atoms with van der Waals surface area (Å²) in [5.41, 5.74) is -0.647. The third-order valence-corrected chi connectivity index (χ3v) is 2.73. The van der Waals surface area contributed by atoms with Gasteiger partial charge in [0, 0.05) is 6.54 Å². The van der Waals surface area contributed by atoms with E-state index in [-0.39, 0.29) is 12.1 Å². The van der Waals surface area contributed by atoms with Crippen molar-refractivity contribution in [1.29, 1.82) is 5.26 Å². The number of nitriles is 1. The summed E-state index contributed by atoms with van der Waals surface area (Å²) in [5.74, 6) is -0.598. The third kappa shape index (κ3) is 3.24. The van der Waals surface area contributed by atoms with Crippen molar-refractivity contribution in [2.75, 3.05) is 19.8 Å². The predicted octanol–water partition coefficient (Wildman–Crippen LogP) is -0.497. The zero-order chi connectivity index (χ0) is 13.6. The quantitative estimate of drug-likeness (QED) is 0.549. The first kappa shape index (κ1) is 14.5. The number of aliphatic hydroxyl groups is 3. The van der Waals surface area contributed by atoms with Gasteiger partial charge in [-0.3, -0.25) is 0 Å². The lowest BCUT2D eigenvalue weighted by molar-refractivity contribution is 0.0414. The number of hydrogen-bond acceptors (Lipinski definition) is 5. The minimum Gasteiger partial charge on any atom is -0.394 e. The van der Waals surface area contributed by atoms with Crippen LogP contribution in [0.2, 0.25) is 0 Å². The number of nitrogens with zero attached hydrogens (tertiary/aromatic N) is 1. The van der Waals surface area contributed by atoms with Gasteiger partial charge in [0.2, 0.25) is 0 Å². The molecule has 0 heterocycles. The molecule has 0 saturated carbocycles. The fraction of sp³-hybridized carbons (Fsp3) is 0.417. The standard InChI is InChI=1S/C12H15FN2O3/c13-11-2-1-9(3-10(11)4-14)5-15-12(6-16,7-17)8-18/h1-3,15-18H,5-8H2. The molecule has 1 aromatic rings. The highest BCUT2D eigenvalue weighted by Crippen LogP contribution is 2.11. The van der Waals surface area contributed by atoms with E-state index in [9.17, 15) is 4.39 Å². The summed E-state index contributed by atoms with van der Waals surface area (Å²) in [7, 11) is 0. The third-order valence-electron chi connectivity index (χ3n) is 2.73. The van der Waals surface area contributed by atoms with Crippen LogP contribution in [0, 0.1) is 17.1 Å². The molecule has 0 aliphatic carbocycles. The van der Waals surface area contributed by atoms with Gasteiger partial charge < -0.3 is 20.6 Å². The van der Waals surface area contributed by atoms with E-state index in [0.717, 1.165) is 0 Å². The van der Waals surface area contributed by atoms with Crippen LogP contribution < -0.4 is 5.32 Å². The van der Waals surface area contributed by atoms with Gasteiger partial charge in [-0.15, -0.1) is 0 Å². The number of nitrogens with one attached hydrogen (secondary N) is 1. The van der Waals surface area contributed by atoms with Crippen LogP contribution in [-0.4, -0.2) is 40.7 Å². The van der Waals surface area contributed by atoms with E-state index >= 15 is 0 Å². The molecule has 0 unspecified atom stereocenters. The molecule has 1 aromatic carbocycles. The van der Waals surface area contributed by atoms with Crippen LogP contribution in [0.15, 0.2) is 18.2 Å². The topological polar surface area (TPSA) is 96.5 Å². The molecule has 0 saturated heterocycles. The summed E-state index contributed by atoms with van der Waals surface area (Å²) in [5, 5.41) is 38.8. The first-order chi connectivity index (χ1) is 8.60. The van der Waals surface area contributed by atoms with Gasteiger partial charge in [-0.1, -0.05) is 6.07 Å². The SMILES string of the molecule is N#Cc1cc(CNC(CO)(CO)CO)ccc1F. The van der Waals surface area contributed by atoms with E-state index in [4.69, 9.17) is 20.6 Å². The van der Waals surface area contributed by atoms with Crippen molar-refractivity contribution in [3.63, 3.8) is 0 Å². The van der Waals surface area contributed by atoms with Crippen LogP contribution in [0.1, 0.15) is 11.1 Å². The summed E-state index contributed by atoms with van der Waals surface area (Å²) in [6, 6.07) is 5.76. The van der Waals surface area contributed by atoms with E-state index < -0.39 is 31.2 Å². The first-order valence-corrected chi connectivity index (χ1v) is 5.37. The largest absolute Gasteiger partial charge is 0.394 e. The van der Waals surface area contributed by atoms with E-state index in [2.05, 4.69) is 5.32 Å². The average molecular weight is 254 g/mol. The van der Waals surface area contributed by atoms with E-state index in [1.54, 1.807) is 6.07 Å². The summed E-state index contributed by atoms with van der Waals surface area (Å²) < 4.78 is 13.1. The van der Waals surface area contributed by atoms with Crippen molar-refractivity contribution in [1.82, 2.24) is 5.32 Å². The van der Waals surface area contributed by atoms with Gasteiger partial charge >= 0.3 is 0 Å². The highest BCUT2D eigenvalue weighted by molar-refractivity contribution is 5.34. The van der Waals surface area contributed by atoms with Crippen LogP contribution in [0.4, 0.5) is 4.39 Å². The molecule has 0 aliphatic rings. The van der Waals surface area contributed by atoms with Gasteiger partial charge in [0.25, 0.3) is 0 Å². The maximum Gasteiger partial charge on any atom is 0.140 e. The van der Waals surface area contributed by atoms with Crippen molar-refractivity contribution in [3.8, 4) is 6.07 Å². The van der Waals surface area contributed by atoms with Gasteiger partial charge in [0.1, 0.15) is 11.9 Å². The number of rotatable bonds is 6. The Morgan fingerprint density at radius 3 is 2.33 bits per heavy atom. The Labute approximate surface area is 104 Å². The minimum atomic E-state index is -1.19. The fourth-order valence-corrected chi connectivity index (χ4v) is 1.38. The molecule has 0 radical (unpaired) electrons. The highest BCUT2D eigenvalue weighted by Gasteiger charge is 2.27. The lowest BCUT2D eigenvalue weighted by Gasteiger charge is -2.28.